The largest absolute Gasteiger partial charge is 2.00 e. The topological polar surface area (TPSA) is 0 Å². The van der Waals surface area contributed by atoms with Crippen molar-refractivity contribution < 1.29 is 12.4 Å². The van der Waals surface area contributed by atoms with Gasteiger partial charge >= 0.3 is 23.1 Å². The van der Waals surface area contributed by atoms with Crippen molar-refractivity contribution in [2.75, 3.05) is 5.88 Å². The van der Waals surface area contributed by atoms with Crippen LogP contribution in [0.3, 0.4) is 0 Å². The van der Waals surface area contributed by atoms with E-state index in [-0.39, 0.29) is 35.5 Å². The molecule has 28 valence electrons. The first-order chi connectivity index (χ1) is 1.41. The van der Waals surface area contributed by atoms with Crippen molar-refractivity contribution >= 4 is 34.7 Å². The van der Waals surface area contributed by atoms with E-state index in [1.807, 2.05) is 0 Å². The Kier molecular flexibility index (Phi) is 59.4. The molecule has 0 rings (SSSR count). The summed E-state index contributed by atoms with van der Waals surface area (Å²) in [5.41, 5.74) is 0. The van der Waals surface area contributed by atoms with E-state index in [1.165, 1.54) is 0 Å². The van der Waals surface area contributed by atoms with E-state index in [0.717, 1.165) is 0 Å². The quantitative estimate of drug-likeness (QED) is 0.193. The maximum absolute atomic E-state index is 4.89. The zero-order chi connectivity index (χ0) is 2.71. The summed E-state index contributed by atoms with van der Waals surface area (Å²) in [4.78, 5) is 0. The van der Waals surface area contributed by atoms with Crippen molar-refractivity contribution in [3.63, 3.8) is 0 Å². The Morgan fingerprint density at radius 3 is 1.60 bits per heavy atom. The Labute approximate surface area is 59.8 Å². The summed E-state index contributed by atoms with van der Waals surface area (Å²) in [7, 11) is 0. The molecule has 0 N–H and O–H groups in total. The van der Waals surface area contributed by atoms with Gasteiger partial charge in [0.15, 0.2) is 0 Å². The van der Waals surface area contributed by atoms with Gasteiger partial charge in [-0.1, -0.05) is 0 Å². The van der Waals surface area contributed by atoms with Gasteiger partial charge < -0.3 is 19.3 Å². The van der Waals surface area contributed by atoms with Crippen LogP contribution in [0.2, 0.25) is 0 Å². The molecule has 0 radical (unpaired) electrons. The number of hydrogen-bond acceptors (Lipinski definition) is 0. The molecule has 0 aromatic rings. The molecule has 0 fully saturated rings. The van der Waals surface area contributed by atoms with Crippen LogP contribution in [0, 0.1) is 6.92 Å². The van der Waals surface area contributed by atoms with Crippen LogP contribution in [0.4, 0.5) is 0 Å². The second-order valence-electron chi connectivity index (χ2n) is 0.189. The van der Waals surface area contributed by atoms with Crippen molar-refractivity contribution in [1.29, 1.82) is 0 Å². The number of rotatable bonds is 0. The molecule has 0 bridgehead atoms. The van der Waals surface area contributed by atoms with Gasteiger partial charge in [0.1, 0.15) is 0 Å². The van der Waals surface area contributed by atoms with Gasteiger partial charge in [0.25, 0.3) is 0 Å². The normalized spacial score (nSPS) is 3.60. The number of alkyl halides is 1. The van der Waals surface area contributed by atoms with Gasteiger partial charge in [-0.3, -0.25) is 0 Å². The molecule has 0 heterocycles. The molecular formula is C2H4Cl2Mg. The van der Waals surface area contributed by atoms with E-state index >= 15 is 0 Å². The molecule has 0 saturated carbocycles. The molecule has 0 aliphatic carbocycles. The van der Waals surface area contributed by atoms with Gasteiger partial charge in [-0.05, 0) is 0 Å². The minimum absolute atomic E-state index is 0. The Balaban J connectivity index is -0.0000000200. The fraction of sp³-hybridized carbons (Fsp3) is 0.500. The van der Waals surface area contributed by atoms with Crippen molar-refractivity contribution in [3.05, 3.63) is 6.92 Å². The van der Waals surface area contributed by atoms with E-state index < -0.39 is 0 Å². The Bertz CT molecular complexity index is 7.61. The standard InChI is InChI=1S/C2H4Cl.ClH.Mg/c1-2-3;;/h1-2H2;1H;/q-1;;+2/p-1. The molecule has 0 aliphatic heterocycles. The molecule has 3 heteroatoms. The van der Waals surface area contributed by atoms with Crippen molar-refractivity contribution in [1.82, 2.24) is 0 Å². The van der Waals surface area contributed by atoms with Crippen molar-refractivity contribution in [2.24, 2.45) is 0 Å². The van der Waals surface area contributed by atoms with Crippen LogP contribution in [-0.4, -0.2) is 28.9 Å². The van der Waals surface area contributed by atoms with Crippen LogP contribution in [0.25, 0.3) is 0 Å². The smallest absolute Gasteiger partial charge is 1.00 e. The van der Waals surface area contributed by atoms with Crippen molar-refractivity contribution in [2.45, 2.75) is 0 Å². The van der Waals surface area contributed by atoms with Gasteiger partial charge in [-0.25, -0.2) is 0 Å². The SMILES string of the molecule is [CH2-]CCl.[Cl-].[Mg+2]. The molecule has 0 aromatic carbocycles. The first-order valence-electron chi connectivity index (χ1n) is 0.767. The average Bonchev–Trinajstić information content (AvgIpc) is 0.918. The molecular weight excluding hydrogens is 119 g/mol. The summed E-state index contributed by atoms with van der Waals surface area (Å²) in [5, 5.41) is 0. The fourth-order valence-corrected chi connectivity index (χ4v) is 0. The zero-order valence-corrected chi connectivity index (χ0v) is 5.80. The molecule has 0 spiro atoms. The van der Waals surface area contributed by atoms with E-state index in [0.29, 0.717) is 5.88 Å². The molecule has 0 nitrogen and oxygen atoms in total. The number of halogens is 2. The minimum Gasteiger partial charge on any atom is -1.00 e. The van der Waals surface area contributed by atoms with E-state index in [4.69, 9.17) is 11.6 Å². The molecule has 0 amide bonds. The third kappa shape index (κ3) is 33.0. The van der Waals surface area contributed by atoms with E-state index in [9.17, 15) is 0 Å². The van der Waals surface area contributed by atoms with E-state index in [2.05, 4.69) is 6.92 Å². The predicted molar refractivity (Wildman–Crippen MR) is 21.8 cm³/mol. The summed E-state index contributed by atoms with van der Waals surface area (Å²) < 4.78 is 0. The first-order valence-corrected chi connectivity index (χ1v) is 1.30. The van der Waals surface area contributed by atoms with Crippen LogP contribution in [0.5, 0.6) is 0 Å². The van der Waals surface area contributed by atoms with Crippen LogP contribution in [-0.2, 0) is 0 Å². The fourth-order valence-electron chi connectivity index (χ4n) is 0. The van der Waals surface area contributed by atoms with Crippen LogP contribution >= 0.6 is 11.6 Å². The van der Waals surface area contributed by atoms with Crippen LogP contribution in [0.1, 0.15) is 0 Å². The summed E-state index contributed by atoms with van der Waals surface area (Å²) in [5.74, 6) is 0.472. The van der Waals surface area contributed by atoms with Crippen molar-refractivity contribution in [3.8, 4) is 0 Å². The predicted octanol–water partition coefficient (Wildman–Crippen LogP) is -2.32. The maximum Gasteiger partial charge on any atom is 2.00 e. The second-order valence-corrected chi connectivity index (χ2v) is 0.567. The summed E-state index contributed by atoms with van der Waals surface area (Å²) >= 11 is 4.89. The van der Waals surface area contributed by atoms with Gasteiger partial charge in [0.2, 0.25) is 0 Å². The Morgan fingerprint density at radius 2 is 1.60 bits per heavy atom. The molecule has 0 atom stereocenters. The minimum atomic E-state index is 0. The van der Waals surface area contributed by atoms with Gasteiger partial charge in [0.05, 0.1) is 0 Å². The van der Waals surface area contributed by atoms with E-state index in [1.54, 1.807) is 0 Å². The van der Waals surface area contributed by atoms with Crippen LogP contribution < -0.4 is 12.4 Å². The Hall–Kier alpha value is 1.35. The Morgan fingerprint density at radius 1 is 1.60 bits per heavy atom. The molecule has 5 heavy (non-hydrogen) atoms. The second kappa shape index (κ2) is 18.3. The van der Waals surface area contributed by atoms with Gasteiger partial charge in [-0.2, -0.15) is 11.6 Å². The number of hydrogen-bond donors (Lipinski definition) is 0. The third-order valence-corrected chi connectivity index (χ3v) is 0. The summed E-state index contributed by atoms with van der Waals surface area (Å²) in [6.45, 7) is 3.25. The molecule has 0 aliphatic rings. The third-order valence-electron chi connectivity index (χ3n) is 0. The first kappa shape index (κ1) is 16.2. The monoisotopic (exact) mass is 122 g/mol. The maximum atomic E-state index is 4.89. The average molecular weight is 123 g/mol. The summed E-state index contributed by atoms with van der Waals surface area (Å²) in [6, 6.07) is 0. The van der Waals surface area contributed by atoms with Gasteiger partial charge in [-0.15, -0.1) is 5.88 Å². The molecule has 0 aromatic heterocycles. The molecule has 0 saturated heterocycles. The van der Waals surface area contributed by atoms with Gasteiger partial charge in [0, 0.05) is 0 Å². The zero-order valence-electron chi connectivity index (χ0n) is 2.88. The molecule has 0 unspecified atom stereocenters. The van der Waals surface area contributed by atoms with Crippen LogP contribution in [0.15, 0.2) is 0 Å². The summed E-state index contributed by atoms with van der Waals surface area (Å²) in [6.07, 6.45) is 0.